The lowest BCUT2D eigenvalue weighted by molar-refractivity contribution is -0.119. The van der Waals surface area contributed by atoms with Crippen molar-refractivity contribution in [2.45, 2.75) is 26.7 Å². The molecule has 10 nitrogen and oxygen atoms in total. The van der Waals surface area contributed by atoms with E-state index in [4.69, 9.17) is 0 Å². The number of aromatic amines is 1. The number of nitrogens with zero attached hydrogens (tertiary/aromatic N) is 4. The van der Waals surface area contributed by atoms with Gasteiger partial charge in [-0.05, 0) is 50.1 Å². The zero-order chi connectivity index (χ0) is 26.6. The number of aromatic nitrogens is 3. The van der Waals surface area contributed by atoms with Crippen LogP contribution < -0.4 is 10.6 Å². The number of hydrogen-bond acceptors (Lipinski definition) is 6. The summed E-state index contributed by atoms with van der Waals surface area (Å²) in [5, 5.41) is 6.89. The van der Waals surface area contributed by atoms with Crippen molar-refractivity contribution in [3.63, 3.8) is 0 Å². The summed E-state index contributed by atoms with van der Waals surface area (Å²) in [6.45, 7) is 4.07. The standard InChI is InChI=1S/C28H27N7O3/c1-17-15-18(2)32-28(31-17)34-27(29-13-11-19-16-30-23-10-6-5-7-20(19)23)33-24(36)12-14-35-25(37)21-8-3-4-9-22(21)26(35)38/h3-10,15-16,30H,11-14H2,1-2H3,(H2,29,31,32,33,34,36). The van der Waals surface area contributed by atoms with Gasteiger partial charge in [-0.1, -0.05) is 30.3 Å². The molecule has 0 saturated carbocycles. The van der Waals surface area contributed by atoms with Crippen molar-refractivity contribution >= 4 is 40.5 Å². The lowest BCUT2D eigenvalue weighted by Crippen LogP contribution is -2.39. The maximum Gasteiger partial charge on any atom is 0.261 e. The second kappa shape index (κ2) is 10.6. The molecule has 38 heavy (non-hydrogen) atoms. The fraction of sp³-hybridized carbons (Fsp3) is 0.214. The minimum absolute atomic E-state index is 0.0408. The van der Waals surface area contributed by atoms with Gasteiger partial charge in [-0.2, -0.15) is 0 Å². The zero-order valence-electron chi connectivity index (χ0n) is 21.1. The lowest BCUT2D eigenvalue weighted by atomic mass is 10.1. The molecular weight excluding hydrogens is 482 g/mol. The Morgan fingerprint density at radius 1 is 0.974 bits per heavy atom. The van der Waals surface area contributed by atoms with Crippen LogP contribution in [0.4, 0.5) is 5.95 Å². The molecule has 2 aromatic heterocycles. The lowest BCUT2D eigenvalue weighted by Gasteiger charge is -2.15. The number of para-hydroxylation sites is 1. The van der Waals surface area contributed by atoms with Gasteiger partial charge in [0.05, 0.1) is 11.1 Å². The summed E-state index contributed by atoms with van der Waals surface area (Å²) in [4.78, 5) is 55.8. The van der Waals surface area contributed by atoms with Gasteiger partial charge in [-0.25, -0.2) is 9.97 Å². The highest BCUT2D eigenvalue weighted by molar-refractivity contribution is 6.21. The van der Waals surface area contributed by atoms with Crippen LogP contribution >= 0.6 is 0 Å². The van der Waals surface area contributed by atoms with E-state index < -0.39 is 17.7 Å². The number of benzene rings is 2. The first kappa shape index (κ1) is 24.8. The van der Waals surface area contributed by atoms with E-state index in [1.807, 2.05) is 44.3 Å². The maximum atomic E-state index is 12.9. The van der Waals surface area contributed by atoms with E-state index in [1.54, 1.807) is 24.3 Å². The van der Waals surface area contributed by atoms with Crippen molar-refractivity contribution in [2.75, 3.05) is 18.4 Å². The number of rotatable bonds is 7. The summed E-state index contributed by atoms with van der Waals surface area (Å²) in [5.74, 6) is -0.680. The molecule has 0 bridgehead atoms. The number of nitrogens with one attached hydrogen (secondary N) is 3. The van der Waals surface area contributed by atoms with Gasteiger partial charge < -0.3 is 4.98 Å². The van der Waals surface area contributed by atoms with E-state index in [0.717, 1.165) is 32.8 Å². The highest BCUT2D eigenvalue weighted by Crippen LogP contribution is 2.22. The molecule has 5 rings (SSSR count). The molecule has 192 valence electrons. The zero-order valence-corrected chi connectivity index (χ0v) is 21.1. The smallest absolute Gasteiger partial charge is 0.261 e. The third-order valence-electron chi connectivity index (χ3n) is 6.24. The fourth-order valence-corrected chi connectivity index (χ4v) is 4.47. The first-order chi connectivity index (χ1) is 18.4. The van der Waals surface area contributed by atoms with Gasteiger partial charge in [0.15, 0.2) is 0 Å². The second-order valence-electron chi connectivity index (χ2n) is 9.04. The molecule has 3 amide bonds. The molecule has 2 aromatic carbocycles. The number of amides is 3. The Morgan fingerprint density at radius 3 is 2.34 bits per heavy atom. The summed E-state index contributed by atoms with van der Waals surface area (Å²) in [6, 6.07) is 16.5. The summed E-state index contributed by atoms with van der Waals surface area (Å²) >= 11 is 0. The van der Waals surface area contributed by atoms with E-state index in [1.165, 1.54) is 0 Å². The summed E-state index contributed by atoms with van der Waals surface area (Å²) < 4.78 is 0. The van der Waals surface area contributed by atoms with Crippen molar-refractivity contribution in [2.24, 2.45) is 4.99 Å². The molecule has 0 unspecified atom stereocenters. The quantitative estimate of drug-likeness (QED) is 0.199. The van der Waals surface area contributed by atoms with Crippen LogP contribution in [-0.2, 0) is 11.2 Å². The number of guanidine groups is 1. The third-order valence-corrected chi connectivity index (χ3v) is 6.24. The molecule has 0 fully saturated rings. The van der Waals surface area contributed by atoms with Crippen LogP contribution in [0, 0.1) is 13.8 Å². The summed E-state index contributed by atoms with van der Waals surface area (Å²) in [7, 11) is 0. The largest absolute Gasteiger partial charge is 0.361 e. The summed E-state index contributed by atoms with van der Waals surface area (Å²) in [6.07, 6.45) is 2.52. The summed E-state index contributed by atoms with van der Waals surface area (Å²) in [5.41, 5.74) is 4.42. The molecule has 0 atom stereocenters. The average Bonchev–Trinajstić information content (AvgIpc) is 3.41. The van der Waals surface area contributed by atoms with E-state index >= 15 is 0 Å². The molecule has 4 aromatic rings. The number of aryl methyl sites for hydroxylation is 2. The first-order valence-electron chi connectivity index (χ1n) is 12.3. The van der Waals surface area contributed by atoms with Crippen molar-refractivity contribution in [1.82, 2.24) is 25.2 Å². The molecule has 3 N–H and O–H groups in total. The number of carbonyl (C=O) groups is 3. The number of fused-ring (bicyclic) bond motifs is 2. The first-order valence-corrected chi connectivity index (χ1v) is 12.3. The van der Waals surface area contributed by atoms with Crippen LogP contribution in [-0.4, -0.2) is 56.6 Å². The normalized spacial score (nSPS) is 13.2. The van der Waals surface area contributed by atoms with Gasteiger partial charge >= 0.3 is 0 Å². The number of carbonyl (C=O) groups excluding carboxylic acids is 3. The minimum Gasteiger partial charge on any atom is -0.361 e. The topological polar surface area (TPSA) is 132 Å². The van der Waals surface area contributed by atoms with E-state index in [0.29, 0.717) is 30.0 Å². The van der Waals surface area contributed by atoms with Gasteiger partial charge in [0, 0.05) is 48.0 Å². The van der Waals surface area contributed by atoms with E-state index in [-0.39, 0.29) is 18.9 Å². The molecule has 10 heteroatoms. The van der Waals surface area contributed by atoms with Crippen LogP contribution in [0.5, 0.6) is 0 Å². The van der Waals surface area contributed by atoms with Gasteiger partial charge in [-0.3, -0.25) is 34.9 Å². The molecule has 0 radical (unpaired) electrons. The van der Waals surface area contributed by atoms with Crippen LogP contribution in [0.2, 0.25) is 0 Å². The van der Waals surface area contributed by atoms with Crippen LogP contribution in [0.3, 0.4) is 0 Å². The van der Waals surface area contributed by atoms with E-state index in [2.05, 4.69) is 36.6 Å². The van der Waals surface area contributed by atoms with Crippen molar-refractivity contribution in [1.29, 1.82) is 0 Å². The van der Waals surface area contributed by atoms with Gasteiger partial charge in [0.1, 0.15) is 0 Å². The third kappa shape index (κ3) is 5.29. The van der Waals surface area contributed by atoms with Gasteiger partial charge in [-0.15, -0.1) is 0 Å². The Labute approximate surface area is 219 Å². The highest BCUT2D eigenvalue weighted by Gasteiger charge is 2.35. The molecule has 0 spiro atoms. The molecular formula is C28H27N7O3. The predicted molar refractivity (Wildman–Crippen MR) is 144 cm³/mol. The molecule has 0 aliphatic carbocycles. The number of imide groups is 1. The van der Waals surface area contributed by atoms with E-state index in [9.17, 15) is 14.4 Å². The predicted octanol–water partition coefficient (Wildman–Crippen LogP) is 3.39. The Morgan fingerprint density at radius 2 is 1.63 bits per heavy atom. The van der Waals surface area contributed by atoms with Gasteiger partial charge in [0.25, 0.3) is 11.8 Å². The van der Waals surface area contributed by atoms with Crippen molar-refractivity contribution < 1.29 is 14.4 Å². The maximum absolute atomic E-state index is 12.9. The van der Waals surface area contributed by atoms with Crippen LogP contribution in [0.25, 0.3) is 10.9 Å². The SMILES string of the molecule is Cc1cc(C)nc(NC(=NCCc2c[nH]c3ccccc23)NC(=O)CCN2C(=O)c3ccccc3C2=O)n1. The van der Waals surface area contributed by atoms with Crippen molar-refractivity contribution in [3.05, 3.63) is 88.9 Å². The number of H-pyrrole nitrogens is 1. The van der Waals surface area contributed by atoms with Crippen molar-refractivity contribution in [3.8, 4) is 0 Å². The number of hydrogen-bond donors (Lipinski definition) is 3. The second-order valence-corrected chi connectivity index (χ2v) is 9.04. The van der Waals surface area contributed by atoms with Crippen LogP contribution in [0.1, 0.15) is 44.1 Å². The molecule has 0 saturated heterocycles. The minimum atomic E-state index is -0.399. The van der Waals surface area contributed by atoms with Gasteiger partial charge in [0.2, 0.25) is 17.8 Å². The molecule has 1 aliphatic rings. The molecule has 3 heterocycles. The fourth-order valence-electron chi connectivity index (χ4n) is 4.47. The highest BCUT2D eigenvalue weighted by atomic mass is 16.2. The average molecular weight is 510 g/mol. The molecule has 1 aliphatic heterocycles. The number of anilines is 1. The van der Waals surface area contributed by atoms with Crippen LogP contribution in [0.15, 0.2) is 65.8 Å². The Balaban J connectivity index is 1.27. The Kier molecular flexibility index (Phi) is 6.94. The Hall–Kier alpha value is -4.86. The monoisotopic (exact) mass is 509 g/mol. The Bertz CT molecular complexity index is 1520. The number of aliphatic imine (C=N–C) groups is 1.